The van der Waals surface area contributed by atoms with Crippen LogP contribution in [0.2, 0.25) is 0 Å². The van der Waals surface area contributed by atoms with Crippen molar-refractivity contribution >= 4 is 16.7 Å². The maximum Gasteiger partial charge on any atom is 0.275 e. The molecule has 5 heteroatoms. The third kappa shape index (κ3) is 2.72. The first kappa shape index (κ1) is 15.4. The van der Waals surface area contributed by atoms with Crippen LogP contribution in [0.15, 0.2) is 35.3 Å². The largest absolute Gasteiger partial charge is 0.352 e. The van der Waals surface area contributed by atoms with Gasteiger partial charge in [0.2, 0.25) is 5.91 Å². The van der Waals surface area contributed by atoms with E-state index in [9.17, 15) is 9.59 Å². The molecule has 1 N–H and O–H groups in total. The zero-order valence-electron chi connectivity index (χ0n) is 13.9. The van der Waals surface area contributed by atoms with E-state index in [2.05, 4.69) is 17.3 Å². The number of amides is 1. The van der Waals surface area contributed by atoms with Crippen LogP contribution in [0, 0.1) is 17.8 Å². The molecule has 0 aliphatic heterocycles. The summed E-state index contributed by atoms with van der Waals surface area (Å²) in [6.45, 7) is 2.08. The lowest BCUT2D eigenvalue weighted by Crippen LogP contribution is -2.43. The molecule has 126 valence electrons. The Balaban J connectivity index is 1.44. The lowest BCUT2D eigenvalue weighted by atomic mass is 9.84. The lowest BCUT2D eigenvalue weighted by Gasteiger charge is -2.28. The fourth-order valence-electron chi connectivity index (χ4n) is 4.69. The standard InChI is InChI=1S/C19H23N3O2/c1-12(17-9-13-6-7-14(17)8-13)21-18(23)11-22-19(24)16-5-3-2-4-15(16)10-20-22/h2-5,10,12-14,17H,6-9,11H2,1H3,(H,21,23)/t12-,13+,14+,17-/m1/s1. The molecule has 2 bridgehead atoms. The molecule has 2 aliphatic carbocycles. The molecular formula is C19H23N3O2. The van der Waals surface area contributed by atoms with E-state index in [1.807, 2.05) is 18.2 Å². The van der Waals surface area contributed by atoms with Crippen molar-refractivity contribution in [3.8, 4) is 0 Å². The van der Waals surface area contributed by atoms with Crippen LogP contribution in [-0.4, -0.2) is 21.7 Å². The van der Waals surface area contributed by atoms with Gasteiger partial charge in [0.25, 0.3) is 5.56 Å². The van der Waals surface area contributed by atoms with Crippen LogP contribution >= 0.6 is 0 Å². The van der Waals surface area contributed by atoms with Crippen LogP contribution in [0.3, 0.4) is 0 Å². The Labute approximate surface area is 141 Å². The monoisotopic (exact) mass is 325 g/mol. The summed E-state index contributed by atoms with van der Waals surface area (Å²) >= 11 is 0. The number of nitrogens with one attached hydrogen (secondary N) is 1. The molecule has 0 radical (unpaired) electrons. The molecule has 4 atom stereocenters. The SMILES string of the molecule is C[C@@H](NC(=O)Cn1ncc2ccccc2c1=O)[C@H]1C[C@H]2CC[C@H]1C2. The summed E-state index contributed by atoms with van der Waals surface area (Å²) in [5, 5.41) is 8.62. The van der Waals surface area contributed by atoms with Crippen LogP contribution in [0.4, 0.5) is 0 Å². The van der Waals surface area contributed by atoms with Crippen molar-refractivity contribution in [1.29, 1.82) is 0 Å². The summed E-state index contributed by atoms with van der Waals surface area (Å²) in [6, 6.07) is 7.49. The molecule has 2 saturated carbocycles. The van der Waals surface area contributed by atoms with Gasteiger partial charge in [-0.1, -0.05) is 24.6 Å². The Morgan fingerprint density at radius 3 is 2.92 bits per heavy atom. The van der Waals surface area contributed by atoms with E-state index in [1.54, 1.807) is 12.3 Å². The maximum absolute atomic E-state index is 12.4. The Morgan fingerprint density at radius 2 is 2.17 bits per heavy atom. The second-order valence-electron chi connectivity index (χ2n) is 7.39. The zero-order chi connectivity index (χ0) is 16.7. The van der Waals surface area contributed by atoms with Gasteiger partial charge in [-0.15, -0.1) is 0 Å². The first-order valence-electron chi connectivity index (χ1n) is 8.86. The number of hydrogen-bond donors (Lipinski definition) is 1. The fraction of sp³-hybridized carbons (Fsp3) is 0.526. The number of carbonyl (C=O) groups excluding carboxylic acids is 1. The summed E-state index contributed by atoms with van der Waals surface area (Å²) in [6.07, 6.45) is 6.87. The highest BCUT2D eigenvalue weighted by Crippen LogP contribution is 2.49. The van der Waals surface area contributed by atoms with Crippen molar-refractivity contribution in [2.75, 3.05) is 0 Å². The summed E-state index contributed by atoms with van der Waals surface area (Å²) in [5.74, 6) is 2.10. The van der Waals surface area contributed by atoms with E-state index in [-0.39, 0.29) is 24.1 Å². The van der Waals surface area contributed by atoms with Crippen LogP contribution in [0.5, 0.6) is 0 Å². The normalized spacial score (nSPS) is 26.6. The fourth-order valence-corrected chi connectivity index (χ4v) is 4.69. The van der Waals surface area contributed by atoms with Crippen LogP contribution in [0.25, 0.3) is 10.8 Å². The Bertz CT molecular complexity index is 829. The quantitative estimate of drug-likeness (QED) is 0.938. The summed E-state index contributed by atoms with van der Waals surface area (Å²) in [5.41, 5.74) is -0.212. The number of fused-ring (bicyclic) bond motifs is 3. The molecular weight excluding hydrogens is 302 g/mol. The molecule has 1 amide bonds. The molecule has 2 aromatic rings. The molecule has 1 aromatic carbocycles. The van der Waals surface area contributed by atoms with E-state index in [4.69, 9.17) is 0 Å². The van der Waals surface area contributed by atoms with Crippen molar-refractivity contribution in [3.63, 3.8) is 0 Å². The van der Waals surface area contributed by atoms with Gasteiger partial charge in [0.15, 0.2) is 0 Å². The Morgan fingerprint density at radius 1 is 1.33 bits per heavy atom. The maximum atomic E-state index is 12.4. The van der Waals surface area contributed by atoms with E-state index in [0.717, 1.165) is 17.2 Å². The molecule has 24 heavy (non-hydrogen) atoms. The van der Waals surface area contributed by atoms with Gasteiger partial charge in [0.05, 0.1) is 11.6 Å². The van der Waals surface area contributed by atoms with Crippen LogP contribution in [0.1, 0.15) is 32.6 Å². The lowest BCUT2D eigenvalue weighted by molar-refractivity contribution is -0.123. The molecule has 2 fully saturated rings. The average molecular weight is 325 g/mol. The second-order valence-corrected chi connectivity index (χ2v) is 7.39. The molecule has 0 spiro atoms. The van der Waals surface area contributed by atoms with E-state index < -0.39 is 0 Å². The highest BCUT2D eigenvalue weighted by atomic mass is 16.2. The third-order valence-corrected chi connectivity index (χ3v) is 5.88. The summed E-state index contributed by atoms with van der Waals surface area (Å²) in [4.78, 5) is 24.8. The van der Waals surface area contributed by atoms with Gasteiger partial charge in [0.1, 0.15) is 6.54 Å². The highest BCUT2D eigenvalue weighted by molar-refractivity contribution is 5.81. The number of carbonyl (C=O) groups is 1. The number of benzene rings is 1. The molecule has 1 heterocycles. The third-order valence-electron chi connectivity index (χ3n) is 5.88. The first-order chi connectivity index (χ1) is 11.6. The van der Waals surface area contributed by atoms with Gasteiger partial charge in [0, 0.05) is 11.4 Å². The van der Waals surface area contributed by atoms with Gasteiger partial charge in [-0.3, -0.25) is 9.59 Å². The minimum atomic E-state index is -0.212. The first-order valence-corrected chi connectivity index (χ1v) is 8.86. The second kappa shape index (κ2) is 6.04. The van der Waals surface area contributed by atoms with Crippen LogP contribution in [-0.2, 0) is 11.3 Å². The zero-order valence-corrected chi connectivity index (χ0v) is 13.9. The minimum Gasteiger partial charge on any atom is -0.352 e. The summed E-state index contributed by atoms with van der Waals surface area (Å²) < 4.78 is 1.26. The van der Waals surface area contributed by atoms with Crippen molar-refractivity contribution in [1.82, 2.24) is 15.1 Å². The Kier molecular flexibility index (Phi) is 3.87. The molecule has 0 unspecified atom stereocenters. The predicted octanol–water partition coefficient (Wildman–Crippen LogP) is 2.34. The molecule has 5 nitrogen and oxygen atoms in total. The average Bonchev–Trinajstić information content (AvgIpc) is 3.21. The van der Waals surface area contributed by atoms with Gasteiger partial charge < -0.3 is 5.32 Å². The Hall–Kier alpha value is -2.17. The molecule has 4 rings (SSSR count). The van der Waals surface area contributed by atoms with E-state index in [1.165, 1.54) is 30.4 Å². The highest BCUT2D eigenvalue weighted by Gasteiger charge is 2.42. The molecule has 2 aliphatic rings. The van der Waals surface area contributed by atoms with Crippen molar-refractivity contribution in [2.24, 2.45) is 17.8 Å². The number of rotatable bonds is 4. The van der Waals surface area contributed by atoms with Gasteiger partial charge in [-0.05, 0) is 50.0 Å². The number of hydrogen-bond acceptors (Lipinski definition) is 3. The van der Waals surface area contributed by atoms with Crippen molar-refractivity contribution in [3.05, 3.63) is 40.8 Å². The van der Waals surface area contributed by atoms with Gasteiger partial charge in [-0.2, -0.15) is 5.10 Å². The van der Waals surface area contributed by atoms with Crippen molar-refractivity contribution < 1.29 is 4.79 Å². The van der Waals surface area contributed by atoms with Crippen LogP contribution < -0.4 is 10.9 Å². The molecule has 1 aromatic heterocycles. The van der Waals surface area contributed by atoms with Gasteiger partial charge >= 0.3 is 0 Å². The predicted molar refractivity (Wildman–Crippen MR) is 92.5 cm³/mol. The smallest absolute Gasteiger partial charge is 0.275 e. The van der Waals surface area contributed by atoms with E-state index in [0.29, 0.717) is 11.3 Å². The van der Waals surface area contributed by atoms with Crippen molar-refractivity contribution in [2.45, 2.75) is 45.2 Å². The topological polar surface area (TPSA) is 64.0 Å². The summed E-state index contributed by atoms with van der Waals surface area (Å²) in [7, 11) is 0. The molecule has 0 saturated heterocycles. The number of aromatic nitrogens is 2. The van der Waals surface area contributed by atoms with Gasteiger partial charge in [-0.25, -0.2) is 4.68 Å². The number of nitrogens with zero attached hydrogens (tertiary/aromatic N) is 2. The van der Waals surface area contributed by atoms with E-state index >= 15 is 0 Å². The minimum absolute atomic E-state index is 0.0190.